The van der Waals surface area contributed by atoms with Crippen molar-refractivity contribution in [1.82, 2.24) is 20.3 Å². The molecule has 0 unspecified atom stereocenters. The number of rotatable bonds is 9. The molecule has 0 saturated heterocycles. The molecule has 0 N–H and O–H groups in total. The Morgan fingerprint density at radius 2 is 1.68 bits per heavy atom. The summed E-state index contributed by atoms with van der Waals surface area (Å²) in [5.41, 5.74) is 1.77. The van der Waals surface area contributed by atoms with Crippen LogP contribution in [0.5, 0.6) is 17.2 Å². The highest BCUT2D eigenvalue weighted by atomic mass is 32.2. The lowest BCUT2D eigenvalue weighted by atomic mass is 10.1. The van der Waals surface area contributed by atoms with Crippen LogP contribution >= 0.6 is 11.8 Å². The Labute approximate surface area is 182 Å². The fourth-order valence-electron chi connectivity index (χ4n) is 2.91. The molecule has 4 aromatic rings. The Balaban J connectivity index is 1.43. The number of ether oxygens (including phenoxy) is 3. The summed E-state index contributed by atoms with van der Waals surface area (Å²) in [6.07, 6.45) is 0.612. The molecule has 4 rings (SSSR count). The van der Waals surface area contributed by atoms with Gasteiger partial charge in [-0.05, 0) is 17.7 Å². The van der Waals surface area contributed by atoms with E-state index < -0.39 is 0 Å². The van der Waals surface area contributed by atoms with Crippen molar-refractivity contribution in [3.05, 3.63) is 59.7 Å². The fourth-order valence-corrected chi connectivity index (χ4v) is 3.51. The van der Waals surface area contributed by atoms with Crippen LogP contribution in [0.1, 0.15) is 17.3 Å². The molecule has 2 aromatic heterocycles. The lowest BCUT2D eigenvalue weighted by Gasteiger charge is -2.12. The standard InChI is InChI=1S/C21H20N4O5S/c1-26-15-10-14(11-16(27-2)19(15)28-3)20-23-24-21(29-20)31-12-18-22-17(25-30-18)9-13-7-5-4-6-8-13/h4-8,10-11H,9,12H2,1-3H3. The Bertz CT molecular complexity index is 1120. The fraction of sp³-hybridized carbons (Fsp3) is 0.238. The van der Waals surface area contributed by atoms with Gasteiger partial charge in [-0.15, -0.1) is 10.2 Å². The van der Waals surface area contributed by atoms with E-state index in [0.29, 0.717) is 57.8 Å². The van der Waals surface area contributed by atoms with Crippen LogP contribution in [-0.2, 0) is 12.2 Å². The maximum Gasteiger partial charge on any atom is 0.277 e. The average Bonchev–Trinajstić information content (AvgIpc) is 3.47. The topological polar surface area (TPSA) is 106 Å². The molecule has 0 aliphatic rings. The van der Waals surface area contributed by atoms with E-state index in [1.165, 1.54) is 11.8 Å². The van der Waals surface area contributed by atoms with Gasteiger partial charge in [-0.25, -0.2) is 0 Å². The molecule has 9 nitrogen and oxygen atoms in total. The summed E-state index contributed by atoms with van der Waals surface area (Å²) in [6, 6.07) is 13.5. The van der Waals surface area contributed by atoms with E-state index in [1.807, 2.05) is 30.3 Å². The SMILES string of the molecule is COc1cc(-c2nnc(SCc3nc(Cc4ccccc4)no3)o2)cc(OC)c1OC. The molecule has 31 heavy (non-hydrogen) atoms. The maximum atomic E-state index is 5.77. The van der Waals surface area contributed by atoms with Gasteiger partial charge in [0.1, 0.15) is 0 Å². The number of thioether (sulfide) groups is 1. The molecule has 0 radical (unpaired) electrons. The Hall–Kier alpha value is -3.53. The molecule has 160 valence electrons. The van der Waals surface area contributed by atoms with Crippen molar-refractivity contribution in [2.75, 3.05) is 21.3 Å². The molecule has 0 fully saturated rings. The first-order chi connectivity index (χ1) is 15.2. The van der Waals surface area contributed by atoms with Crippen LogP contribution in [0.25, 0.3) is 11.5 Å². The summed E-state index contributed by atoms with van der Waals surface area (Å²) in [7, 11) is 4.64. The first-order valence-electron chi connectivity index (χ1n) is 9.32. The predicted octanol–water partition coefficient (Wildman–Crippen LogP) is 4.03. The van der Waals surface area contributed by atoms with Crippen LogP contribution in [0.15, 0.2) is 56.6 Å². The molecular weight excluding hydrogens is 420 g/mol. The summed E-state index contributed by atoms with van der Waals surface area (Å²) in [4.78, 5) is 4.41. The number of hydrogen-bond donors (Lipinski definition) is 0. The Morgan fingerprint density at radius 3 is 2.35 bits per heavy atom. The molecule has 2 heterocycles. The number of benzene rings is 2. The second-order valence-electron chi connectivity index (χ2n) is 6.34. The third kappa shape index (κ3) is 4.80. The third-order valence-corrected chi connectivity index (χ3v) is 5.16. The second-order valence-corrected chi connectivity index (χ2v) is 7.27. The summed E-state index contributed by atoms with van der Waals surface area (Å²) in [6.45, 7) is 0. The smallest absolute Gasteiger partial charge is 0.277 e. The highest BCUT2D eigenvalue weighted by Crippen LogP contribution is 2.41. The largest absolute Gasteiger partial charge is 0.493 e. The van der Waals surface area contributed by atoms with E-state index >= 15 is 0 Å². The summed E-state index contributed by atoms with van der Waals surface area (Å²) in [5, 5.41) is 12.6. The molecule has 0 bridgehead atoms. The van der Waals surface area contributed by atoms with Gasteiger partial charge >= 0.3 is 0 Å². The second kappa shape index (κ2) is 9.52. The number of hydrogen-bond acceptors (Lipinski definition) is 10. The van der Waals surface area contributed by atoms with Gasteiger partial charge in [0.25, 0.3) is 5.22 Å². The third-order valence-electron chi connectivity index (χ3n) is 4.35. The molecule has 0 spiro atoms. The first kappa shape index (κ1) is 20.7. The zero-order chi connectivity index (χ0) is 21.6. The van der Waals surface area contributed by atoms with Gasteiger partial charge in [0.15, 0.2) is 17.3 Å². The van der Waals surface area contributed by atoms with Gasteiger partial charge in [-0.3, -0.25) is 0 Å². The van der Waals surface area contributed by atoms with Gasteiger partial charge in [-0.2, -0.15) is 4.98 Å². The number of aromatic nitrogens is 4. The Kier molecular flexibility index (Phi) is 6.37. The molecule has 0 amide bonds. The minimum absolute atomic E-state index is 0.331. The number of nitrogens with zero attached hydrogens (tertiary/aromatic N) is 4. The van der Waals surface area contributed by atoms with Gasteiger partial charge in [-0.1, -0.05) is 47.3 Å². The number of methoxy groups -OCH3 is 3. The molecule has 2 aromatic carbocycles. The van der Waals surface area contributed by atoms with Crippen LogP contribution < -0.4 is 14.2 Å². The molecular formula is C21H20N4O5S. The first-order valence-corrected chi connectivity index (χ1v) is 10.3. The minimum atomic E-state index is 0.331. The van der Waals surface area contributed by atoms with Crippen molar-refractivity contribution in [3.8, 4) is 28.7 Å². The summed E-state index contributed by atoms with van der Waals surface area (Å²) in [5.74, 6) is 3.36. The van der Waals surface area contributed by atoms with Crippen molar-refractivity contribution in [3.63, 3.8) is 0 Å². The summed E-state index contributed by atoms with van der Waals surface area (Å²) >= 11 is 1.31. The van der Waals surface area contributed by atoms with E-state index in [0.717, 1.165) is 5.56 Å². The predicted molar refractivity (Wildman–Crippen MR) is 112 cm³/mol. The van der Waals surface area contributed by atoms with E-state index in [9.17, 15) is 0 Å². The van der Waals surface area contributed by atoms with Gasteiger partial charge in [0, 0.05) is 12.0 Å². The van der Waals surface area contributed by atoms with Gasteiger partial charge < -0.3 is 23.2 Å². The monoisotopic (exact) mass is 440 g/mol. The molecule has 0 aliphatic heterocycles. The van der Waals surface area contributed by atoms with Crippen LogP contribution in [0.2, 0.25) is 0 Å². The molecule has 0 aliphatic carbocycles. The zero-order valence-electron chi connectivity index (χ0n) is 17.2. The molecule has 0 saturated carbocycles. The highest BCUT2D eigenvalue weighted by Gasteiger charge is 2.18. The van der Waals surface area contributed by atoms with E-state index in [-0.39, 0.29) is 0 Å². The highest BCUT2D eigenvalue weighted by molar-refractivity contribution is 7.98. The maximum absolute atomic E-state index is 5.77. The lowest BCUT2D eigenvalue weighted by Crippen LogP contribution is -1.95. The normalized spacial score (nSPS) is 10.8. The van der Waals surface area contributed by atoms with E-state index in [1.54, 1.807) is 33.5 Å². The van der Waals surface area contributed by atoms with Crippen molar-refractivity contribution in [2.24, 2.45) is 0 Å². The van der Waals surface area contributed by atoms with E-state index in [2.05, 4.69) is 20.3 Å². The molecule has 10 heteroatoms. The average molecular weight is 440 g/mol. The van der Waals surface area contributed by atoms with Gasteiger partial charge in [0.05, 0.1) is 27.1 Å². The van der Waals surface area contributed by atoms with Crippen LogP contribution in [0.3, 0.4) is 0 Å². The lowest BCUT2D eigenvalue weighted by molar-refractivity contribution is 0.324. The summed E-state index contributed by atoms with van der Waals surface area (Å²) < 4.78 is 27.2. The van der Waals surface area contributed by atoms with Crippen LogP contribution in [-0.4, -0.2) is 41.7 Å². The van der Waals surface area contributed by atoms with Gasteiger partial charge in [0.2, 0.25) is 17.5 Å². The van der Waals surface area contributed by atoms with Crippen molar-refractivity contribution >= 4 is 11.8 Å². The van der Waals surface area contributed by atoms with Crippen molar-refractivity contribution < 1.29 is 23.2 Å². The quantitative estimate of drug-likeness (QED) is 0.354. The van der Waals surface area contributed by atoms with Crippen molar-refractivity contribution in [1.29, 1.82) is 0 Å². The minimum Gasteiger partial charge on any atom is -0.493 e. The zero-order valence-corrected chi connectivity index (χ0v) is 18.0. The Morgan fingerprint density at radius 1 is 0.935 bits per heavy atom. The van der Waals surface area contributed by atoms with Crippen LogP contribution in [0, 0.1) is 0 Å². The van der Waals surface area contributed by atoms with Crippen LogP contribution in [0.4, 0.5) is 0 Å². The molecule has 0 atom stereocenters. The van der Waals surface area contributed by atoms with Crippen molar-refractivity contribution in [2.45, 2.75) is 17.4 Å². The van der Waals surface area contributed by atoms with E-state index in [4.69, 9.17) is 23.2 Å².